The smallest absolute Gasteiger partial charge is 0.224 e. The maximum atomic E-state index is 11.9. The molecule has 0 unspecified atom stereocenters. The van der Waals surface area contributed by atoms with Gasteiger partial charge in [-0.25, -0.2) is 0 Å². The highest BCUT2D eigenvalue weighted by Gasteiger charge is 2.17. The first kappa shape index (κ1) is 13.9. The largest absolute Gasteiger partial charge is 0.399 e. The third-order valence-electron chi connectivity index (χ3n) is 3.77. The lowest BCUT2D eigenvalue weighted by molar-refractivity contribution is -0.120. The van der Waals surface area contributed by atoms with E-state index in [2.05, 4.69) is 17.3 Å². The van der Waals surface area contributed by atoms with Gasteiger partial charge in [-0.3, -0.25) is 4.79 Å². The van der Waals surface area contributed by atoms with E-state index in [1.165, 1.54) is 12.8 Å². The van der Waals surface area contributed by atoms with Crippen molar-refractivity contribution in [2.75, 3.05) is 32.4 Å². The number of nitrogens with two attached hydrogens (primary N) is 1. The van der Waals surface area contributed by atoms with Crippen LogP contribution in [0.2, 0.25) is 0 Å². The third kappa shape index (κ3) is 4.56. The van der Waals surface area contributed by atoms with Crippen molar-refractivity contribution < 1.29 is 4.79 Å². The second-order valence-corrected chi connectivity index (χ2v) is 5.47. The van der Waals surface area contributed by atoms with Gasteiger partial charge in [-0.2, -0.15) is 0 Å². The summed E-state index contributed by atoms with van der Waals surface area (Å²) in [5.74, 6) is 0.732. The summed E-state index contributed by atoms with van der Waals surface area (Å²) in [6.07, 6.45) is 2.80. The minimum Gasteiger partial charge on any atom is -0.399 e. The normalized spacial score (nSPS) is 17.3. The van der Waals surface area contributed by atoms with Crippen LogP contribution in [-0.4, -0.2) is 37.5 Å². The first-order chi connectivity index (χ1) is 9.13. The molecule has 1 saturated heterocycles. The van der Waals surface area contributed by atoms with Crippen LogP contribution in [0.15, 0.2) is 24.3 Å². The fraction of sp³-hybridized carbons (Fsp3) is 0.533. The second-order valence-electron chi connectivity index (χ2n) is 5.47. The van der Waals surface area contributed by atoms with Gasteiger partial charge in [0.25, 0.3) is 0 Å². The molecule has 0 aromatic heterocycles. The van der Waals surface area contributed by atoms with Crippen molar-refractivity contribution >= 4 is 11.6 Å². The molecule has 1 aliphatic rings. The molecule has 0 aliphatic carbocycles. The molecule has 0 bridgehead atoms. The molecule has 1 aromatic carbocycles. The monoisotopic (exact) mass is 261 g/mol. The fourth-order valence-corrected chi connectivity index (χ4v) is 2.41. The van der Waals surface area contributed by atoms with Gasteiger partial charge in [0.05, 0.1) is 6.42 Å². The Balaban J connectivity index is 1.71. The van der Waals surface area contributed by atoms with E-state index in [9.17, 15) is 4.79 Å². The molecule has 3 N–H and O–H groups in total. The number of hydrogen-bond donors (Lipinski definition) is 2. The highest BCUT2D eigenvalue weighted by Crippen LogP contribution is 2.14. The molecular weight excluding hydrogens is 238 g/mol. The van der Waals surface area contributed by atoms with E-state index in [0.29, 0.717) is 12.3 Å². The second kappa shape index (κ2) is 6.57. The number of likely N-dealkylation sites (tertiary alicyclic amines) is 1. The van der Waals surface area contributed by atoms with E-state index in [4.69, 9.17) is 5.73 Å². The summed E-state index contributed by atoms with van der Waals surface area (Å²) in [6.45, 7) is 3.08. The van der Waals surface area contributed by atoms with Gasteiger partial charge in [-0.15, -0.1) is 0 Å². The molecule has 1 fully saturated rings. The molecule has 1 amide bonds. The number of piperidine rings is 1. The summed E-state index contributed by atoms with van der Waals surface area (Å²) < 4.78 is 0. The molecule has 0 radical (unpaired) electrons. The first-order valence-electron chi connectivity index (χ1n) is 6.93. The number of hydrogen-bond acceptors (Lipinski definition) is 3. The van der Waals surface area contributed by atoms with Crippen molar-refractivity contribution in [1.29, 1.82) is 0 Å². The zero-order valence-corrected chi connectivity index (χ0v) is 11.6. The maximum Gasteiger partial charge on any atom is 0.224 e. The van der Waals surface area contributed by atoms with Gasteiger partial charge in [0.15, 0.2) is 0 Å². The lowest BCUT2D eigenvalue weighted by atomic mass is 9.97. The van der Waals surface area contributed by atoms with Gasteiger partial charge in [-0.05, 0) is 56.6 Å². The molecule has 0 atom stereocenters. The van der Waals surface area contributed by atoms with Crippen LogP contribution in [0, 0.1) is 5.92 Å². The van der Waals surface area contributed by atoms with Crippen LogP contribution in [-0.2, 0) is 11.2 Å². The number of anilines is 1. The van der Waals surface area contributed by atoms with Crippen LogP contribution in [0.25, 0.3) is 0 Å². The predicted octanol–water partition coefficient (Wildman–Crippen LogP) is 1.27. The van der Waals surface area contributed by atoms with E-state index in [1.54, 1.807) is 0 Å². The molecule has 104 valence electrons. The number of nitrogens with zero attached hydrogens (tertiary/aromatic N) is 1. The zero-order chi connectivity index (χ0) is 13.7. The Hall–Kier alpha value is -1.55. The van der Waals surface area contributed by atoms with Gasteiger partial charge in [0, 0.05) is 12.2 Å². The van der Waals surface area contributed by atoms with Crippen molar-refractivity contribution in [3.63, 3.8) is 0 Å². The predicted molar refractivity (Wildman–Crippen MR) is 77.8 cm³/mol. The average molecular weight is 261 g/mol. The van der Waals surface area contributed by atoms with E-state index in [-0.39, 0.29) is 5.91 Å². The van der Waals surface area contributed by atoms with Gasteiger partial charge in [0.2, 0.25) is 5.91 Å². The highest BCUT2D eigenvalue weighted by atomic mass is 16.1. The number of benzene rings is 1. The summed E-state index contributed by atoms with van der Waals surface area (Å²) in [5.41, 5.74) is 7.36. The highest BCUT2D eigenvalue weighted by molar-refractivity contribution is 5.78. The van der Waals surface area contributed by atoms with Crippen LogP contribution >= 0.6 is 0 Å². The van der Waals surface area contributed by atoms with Crippen molar-refractivity contribution in [1.82, 2.24) is 10.2 Å². The minimum atomic E-state index is 0.101. The van der Waals surface area contributed by atoms with Crippen LogP contribution in [0.1, 0.15) is 18.4 Å². The lowest BCUT2D eigenvalue weighted by Crippen LogP contribution is -2.37. The van der Waals surface area contributed by atoms with Crippen molar-refractivity contribution in [2.45, 2.75) is 19.3 Å². The van der Waals surface area contributed by atoms with Gasteiger partial charge >= 0.3 is 0 Å². The lowest BCUT2D eigenvalue weighted by Gasteiger charge is -2.28. The summed E-state index contributed by atoms with van der Waals surface area (Å²) in [7, 11) is 2.15. The molecular formula is C15H23N3O. The van der Waals surface area contributed by atoms with E-state index >= 15 is 0 Å². The van der Waals surface area contributed by atoms with Crippen LogP contribution in [0.4, 0.5) is 5.69 Å². The molecule has 1 heterocycles. The first-order valence-corrected chi connectivity index (χ1v) is 6.93. The average Bonchev–Trinajstić information content (AvgIpc) is 2.41. The van der Waals surface area contributed by atoms with Gasteiger partial charge in [-0.1, -0.05) is 12.1 Å². The topological polar surface area (TPSA) is 58.4 Å². The van der Waals surface area contributed by atoms with Crippen molar-refractivity contribution in [3.8, 4) is 0 Å². The standard InChI is InChI=1S/C15H23N3O/c1-18-8-6-13(7-9-18)11-17-15(19)10-12-2-4-14(16)5-3-12/h2-5,13H,6-11,16H2,1H3,(H,17,19). The maximum absolute atomic E-state index is 11.9. The quantitative estimate of drug-likeness (QED) is 0.803. The number of rotatable bonds is 4. The Bertz CT molecular complexity index is 408. The van der Waals surface area contributed by atoms with Crippen LogP contribution in [0.5, 0.6) is 0 Å². The van der Waals surface area contributed by atoms with Gasteiger partial charge < -0.3 is 16.0 Å². The van der Waals surface area contributed by atoms with Crippen LogP contribution < -0.4 is 11.1 Å². The van der Waals surface area contributed by atoms with Crippen molar-refractivity contribution in [3.05, 3.63) is 29.8 Å². The summed E-state index contributed by atoms with van der Waals surface area (Å²) >= 11 is 0. The fourth-order valence-electron chi connectivity index (χ4n) is 2.41. The molecule has 1 aliphatic heterocycles. The summed E-state index contributed by atoms with van der Waals surface area (Å²) in [6, 6.07) is 7.48. The number of nitrogens with one attached hydrogen (secondary N) is 1. The Morgan fingerprint density at radius 1 is 1.32 bits per heavy atom. The molecule has 2 rings (SSSR count). The van der Waals surface area contributed by atoms with E-state index in [0.717, 1.165) is 30.9 Å². The summed E-state index contributed by atoms with van der Waals surface area (Å²) in [4.78, 5) is 14.2. The van der Waals surface area contributed by atoms with Crippen LogP contribution in [0.3, 0.4) is 0 Å². The van der Waals surface area contributed by atoms with E-state index in [1.807, 2.05) is 24.3 Å². The number of nitrogen functional groups attached to an aromatic ring is 1. The molecule has 19 heavy (non-hydrogen) atoms. The van der Waals surface area contributed by atoms with Crippen molar-refractivity contribution in [2.24, 2.45) is 5.92 Å². The Morgan fingerprint density at radius 2 is 1.95 bits per heavy atom. The Labute approximate surface area is 115 Å². The molecule has 4 heteroatoms. The Kier molecular flexibility index (Phi) is 4.80. The summed E-state index contributed by atoms with van der Waals surface area (Å²) in [5, 5.41) is 3.04. The third-order valence-corrected chi connectivity index (χ3v) is 3.77. The van der Waals surface area contributed by atoms with Gasteiger partial charge in [0.1, 0.15) is 0 Å². The number of carbonyl (C=O) groups excluding carboxylic acids is 1. The number of carbonyl (C=O) groups is 1. The number of amides is 1. The molecule has 1 aromatic rings. The molecule has 4 nitrogen and oxygen atoms in total. The molecule has 0 spiro atoms. The van der Waals surface area contributed by atoms with E-state index < -0.39 is 0 Å². The zero-order valence-electron chi connectivity index (χ0n) is 11.6. The molecule has 0 saturated carbocycles. The SMILES string of the molecule is CN1CCC(CNC(=O)Cc2ccc(N)cc2)CC1. The Morgan fingerprint density at radius 3 is 2.58 bits per heavy atom. The minimum absolute atomic E-state index is 0.101.